The van der Waals surface area contributed by atoms with Gasteiger partial charge >= 0.3 is 17.9 Å². The Morgan fingerprint density at radius 1 is 0.833 bits per heavy atom. The van der Waals surface area contributed by atoms with E-state index in [2.05, 4.69) is 12.2 Å². The second-order valence-electron chi connectivity index (χ2n) is 12.1. The molecule has 0 radical (unpaired) electrons. The molecule has 0 spiro atoms. The van der Waals surface area contributed by atoms with Gasteiger partial charge in [-0.2, -0.15) is 0 Å². The van der Waals surface area contributed by atoms with E-state index in [1.807, 2.05) is 0 Å². The van der Waals surface area contributed by atoms with Crippen LogP contribution in [0.15, 0.2) is 60.7 Å². The number of carboxylic acids is 3. The molecule has 2 rings (SSSR count). The molecule has 3 atom stereocenters. The molecule has 2 aromatic rings. The number of benzene rings is 2. The molecule has 262 valence electrons. The molecule has 5 N–H and O–H groups in total. The lowest BCUT2D eigenvalue weighted by Crippen LogP contribution is -2.55. The SMILES string of the molecule is CCCCCCCC(=O)CCCCCCC=C[C@H](C(=O)N[C@@H](Cc1ccc(-c2ccccc2F)cc1)C(=O)O)[C@@](O)(CC(=O)O)C(=O)O. The van der Waals surface area contributed by atoms with Crippen LogP contribution in [0.1, 0.15) is 96.0 Å². The number of allylic oxidation sites excluding steroid dienone is 1. The zero-order valence-corrected chi connectivity index (χ0v) is 27.5. The fourth-order valence-electron chi connectivity index (χ4n) is 5.45. The highest BCUT2D eigenvalue weighted by atomic mass is 19.1. The first-order valence-corrected chi connectivity index (χ1v) is 16.6. The molecular formula is C37H48FNO9. The van der Waals surface area contributed by atoms with E-state index >= 15 is 0 Å². The number of amides is 1. The van der Waals surface area contributed by atoms with Gasteiger partial charge in [0.25, 0.3) is 0 Å². The Balaban J connectivity index is 2.03. The van der Waals surface area contributed by atoms with Crippen molar-refractivity contribution in [2.75, 3.05) is 0 Å². The number of rotatable bonds is 24. The molecule has 10 nitrogen and oxygen atoms in total. The summed E-state index contributed by atoms with van der Waals surface area (Å²) in [5.41, 5.74) is -1.66. The van der Waals surface area contributed by atoms with Crippen molar-refractivity contribution in [1.29, 1.82) is 0 Å². The first kappa shape index (κ1) is 39.8. The highest BCUT2D eigenvalue weighted by molar-refractivity contribution is 5.94. The van der Waals surface area contributed by atoms with Crippen molar-refractivity contribution in [2.45, 2.75) is 108 Å². The Morgan fingerprint density at radius 2 is 1.44 bits per heavy atom. The maximum Gasteiger partial charge on any atom is 0.337 e. The zero-order chi connectivity index (χ0) is 35.5. The lowest BCUT2D eigenvalue weighted by Gasteiger charge is -2.29. The normalized spacial score (nSPS) is 13.8. The van der Waals surface area contributed by atoms with Gasteiger partial charge in [-0.15, -0.1) is 0 Å². The molecule has 0 fully saturated rings. The molecule has 0 bridgehead atoms. The van der Waals surface area contributed by atoms with Crippen LogP contribution in [0.5, 0.6) is 0 Å². The Kier molecular flexibility index (Phi) is 17.2. The van der Waals surface area contributed by atoms with E-state index < -0.39 is 53.6 Å². The summed E-state index contributed by atoms with van der Waals surface area (Å²) in [5.74, 6) is -8.29. The number of ketones is 1. The number of aliphatic hydroxyl groups is 1. The summed E-state index contributed by atoms with van der Waals surface area (Å²) in [6.07, 6.45) is 11.0. The standard InChI is InChI=1S/C37H48FNO9/c1-2-3-4-7-10-15-28(40)16-11-8-5-6-9-12-18-30(37(48,36(46)47)25-33(41)42)34(43)39-32(35(44)45)24-26-20-22-27(23-21-26)29-17-13-14-19-31(29)38/h12-14,17-23,30,32,48H,2-11,15-16,24-25H2,1H3,(H,39,43)(H,41,42)(H,44,45)(H,46,47)/t30-,32+,37+/m1/s1. The van der Waals surface area contributed by atoms with Gasteiger partial charge in [0.05, 0.1) is 12.3 Å². The summed E-state index contributed by atoms with van der Waals surface area (Å²) in [7, 11) is 0. The van der Waals surface area contributed by atoms with Gasteiger partial charge in [-0.05, 0) is 42.9 Å². The van der Waals surface area contributed by atoms with Crippen molar-refractivity contribution in [3.8, 4) is 11.1 Å². The summed E-state index contributed by atoms with van der Waals surface area (Å²) in [6, 6.07) is 10.9. The number of carboxylic acid groups (broad SMARTS) is 3. The van der Waals surface area contributed by atoms with Crippen molar-refractivity contribution < 1.29 is 48.8 Å². The minimum Gasteiger partial charge on any atom is -0.481 e. The Hall–Kier alpha value is -4.38. The largest absolute Gasteiger partial charge is 0.481 e. The fourth-order valence-corrected chi connectivity index (χ4v) is 5.45. The van der Waals surface area contributed by atoms with E-state index in [-0.39, 0.29) is 12.2 Å². The van der Waals surface area contributed by atoms with E-state index in [9.17, 15) is 48.8 Å². The van der Waals surface area contributed by atoms with Crippen LogP contribution >= 0.6 is 0 Å². The van der Waals surface area contributed by atoms with Crippen LogP contribution in [-0.4, -0.2) is 61.7 Å². The molecule has 11 heteroatoms. The van der Waals surface area contributed by atoms with Crippen LogP contribution in [0.2, 0.25) is 0 Å². The van der Waals surface area contributed by atoms with Gasteiger partial charge in [-0.1, -0.05) is 100 Å². The molecule has 2 aromatic carbocycles. The van der Waals surface area contributed by atoms with Crippen molar-refractivity contribution in [1.82, 2.24) is 5.32 Å². The quantitative estimate of drug-likeness (QED) is 0.0630. The predicted molar refractivity (Wildman–Crippen MR) is 179 cm³/mol. The predicted octanol–water partition coefficient (Wildman–Crippen LogP) is 6.34. The number of carbonyl (C=O) groups is 5. The van der Waals surface area contributed by atoms with Crippen LogP contribution in [0.4, 0.5) is 4.39 Å². The smallest absolute Gasteiger partial charge is 0.337 e. The summed E-state index contributed by atoms with van der Waals surface area (Å²) < 4.78 is 14.2. The van der Waals surface area contributed by atoms with Gasteiger partial charge in [0, 0.05) is 24.8 Å². The molecule has 0 heterocycles. The lowest BCUT2D eigenvalue weighted by atomic mass is 9.82. The van der Waals surface area contributed by atoms with Gasteiger partial charge in [-0.25, -0.2) is 14.0 Å². The van der Waals surface area contributed by atoms with Gasteiger partial charge in [0.1, 0.15) is 17.6 Å². The number of unbranched alkanes of at least 4 members (excludes halogenated alkanes) is 8. The second-order valence-corrected chi connectivity index (χ2v) is 12.1. The fraction of sp³-hybridized carbons (Fsp3) is 0.486. The van der Waals surface area contributed by atoms with Crippen molar-refractivity contribution in [3.63, 3.8) is 0 Å². The Labute approximate surface area is 281 Å². The number of Topliss-reactive ketones (excluding diaryl/α,β-unsaturated/α-hetero) is 1. The summed E-state index contributed by atoms with van der Waals surface area (Å²) in [4.78, 5) is 61.0. The van der Waals surface area contributed by atoms with Crippen LogP contribution in [0.3, 0.4) is 0 Å². The summed E-state index contributed by atoms with van der Waals surface area (Å²) >= 11 is 0. The van der Waals surface area contributed by atoms with Crippen LogP contribution in [-0.2, 0) is 30.4 Å². The number of nitrogens with one attached hydrogen (secondary N) is 1. The first-order chi connectivity index (χ1) is 22.9. The molecule has 0 saturated carbocycles. The van der Waals surface area contributed by atoms with E-state index in [1.54, 1.807) is 42.5 Å². The van der Waals surface area contributed by atoms with Gasteiger partial charge < -0.3 is 25.7 Å². The highest BCUT2D eigenvalue weighted by Gasteiger charge is 2.49. The summed E-state index contributed by atoms with van der Waals surface area (Å²) in [5, 5.41) is 42.1. The third-order valence-electron chi connectivity index (χ3n) is 8.25. The molecular weight excluding hydrogens is 621 g/mol. The first-order valence-electron chi connectivity index (χ1n) is 16.6. The molecule has 0 aromatic heterocycles. The topological polar surface area (TPSA) is 178 Å². The second kappa shape index (κ2) is 20.8. The zero-order valence-electron chi connectivity index (χ0n) is 27.5. The number of hydrogen-bond donors (Lipinski definition) is 5. The van der Waals surface area contributed by atoms with Crippen molar-refractivity contribution in [3.05, 3.63) is 72.1 Å². The van der Waals surface area contributed by atoms with Crippen LogP contribution in [0, 0.1) is 11.7 Å². The monoisotopic (exact) mass is 669 g/mol. The van der Waals surface area contributed by atoms with Gasteiger partial charge in [0.15, 0.2) is 5.60 Å². The molecule has 1 amide bonds. The minimum absolute atomic E-state index is 0.221. The van der Waals surface area contributed by atoms with E-state index in [0.29, 0.717) is 42.4 Å². The van der Waals surface area contributed by atoms with E-state index in [4.69, 9.17) is 0 Å². The van der Waals surface area contributed by atoms with Crippen molar-refractivity contribution in [2.24, 2.45) is 5.92 Å². The van der Waals surface area contributed by atoms with Crippen molar-refractivity contribution >= 4 is 29.6 Å². The van der Waals surface area contributed by atoms with Gasteiger partial charge in [-0.3, -0.25) is 14.4 Å². The Bertz CT molecular complexity index is 1390. The molecule has 0 unspecified atom stereocenters. The average molecular weight is 670 g/mol. The molecule has 0 saturated heterocycles. The minimum atomic E-state index is -3.05. The Morgan fingerprint density at radius 3 is 2.00 bits per heavy atom. The molecule has 48 heavy (non-hydrogen) atoms. The molecule has 0 aliphatic rings. The van der Waals surface area contributed by atoms with Crippen LogP contribution < -0.4 is 5.32 Å². The number of halogens is 1. The van der Waals surface area contributed by atoms with E-state index in [0.717, 1.165) is 51.0 Å². The third kappa shape index (κ3) is 13.4. The number of carbonyl (C=O) groups excluding carboxylic acids is 2. The summed E-state index contributed by atoms with van der Waals surface area (Å²) in [6.45, 7) is 2.14. The third-order valence-corrected chi connectivity index (χ3v) is 8.25. The maximum absolute atomic E-state index is 14.2. The van der Waals surface area contributed by atoms with E-state index in [1.165, 1.54) is 18.6 Å². The maximum atomic E-state index is 14.2. The number of aliphatic carboxylic acids is 3. The van der Waals surface area contributed by atoms with Gasteiger partial charge in [0.2, 0.25) is 5.91 Å². The molecule has 0 aliphatic heterocycles. The molecule has 0 aliphatic carbocycles. The lowest BCUT2D eigenvalue weighted by molar-refractivity contribution is -0.172. The van der Waals surface area contributed by atoms with Crippen LogP contribution in [0.25, 0.3) is 11.1 Å². The average Bonchev–Trinajstić information content (AvgIpc) is 3.03. The highest BCUT2D eigenvalue weighted by Crippen LogP contribution is 2.26. The number of hydrogen-bond acceptors (Lipinski definition) is 6.